The van der Waals surface area contributed by atoms with Crippen molar-refractivity contribution < 1.29 is 18.3 Å². The molecule has 23 heavy (non-hydrogen) atoms. The van der Waals surface area contributed by atoms with Crippen molar-refractivity contribution >= 4 is 11.7 Å². The van der Waals surface area contributed by atoms with Crippen LogP contribution in [-0.2, 0) is 4.74 Å². The highest BCUT2D eigenvalue weighted by atomic mass is 19.1. The number of carbonyl (C=O) groups excluding carboxylic acids is 1. The van der Waals surface area contributed by atoms with Crippen molar-refractivity contribution in [1.82, 2.24) is 9.80 Å². The maximum absolute atomic E-state index is 13.7. The molecule has 0 spiro atoms. The summed E-state index contributed by atoms with van der Waals surface area (Å²) in [6.07, 6.45) is 1.45. The van der Waals surface area contributed by atoms with Crippen molar-refractivity contribution in [2.75, 3.05) is 45.7 Å². The monoisotopic (exact) mass is 327 g/mol. The van der Waals surface area contributed by atoms with Crippen LogP contribution in [0.1, 0.15) is 12.8 Å². The van der Waals surface area contributed by atoms with E-state index >= 15 is 0 Å². The summed E-state index contributed by atoms with van der Waals surface area (Å²) in [4.78, 5) is 16.2. The predicted octanol–water partition coefficient (Wildman–Crippen LogP) is 2.54. The summed E-state index contributed by atoms with van der Waals surface area (Å²) < 4.78 is 32.8. The highest BCUT2D eigenvalue weighted by Gasteiger charge is 2.26. The first-order chi connectivity index (χ1) is 11.0. The number of nitrogens with one attached hydrogen (secondary N) is 1. The first kappa shape index (κ1) is 17.6. The van der Waals surface area contributed by atoms with E-state index in [0.717, 1.165) is 25.0 Å². The number of para-hydroxylation sites is 1. The molecule has 1 fully saturated rings. The molecule has 2 amide bonds. The first-order valence-corrected chi connectivity index (χ1v) is 7.73. The van der Waals surface area contributed by atoms with Crippen molar-refractivity contribution in [3.63, 3.8) is 0 Å². The molecule has 1 aromatic rings. The zero-order chi connectivity index (χ0) is 16.8. The number of benzene rings is 1. The number of likely N-dealkylation sites (N-methyl/N-ethyl adjacent to an activating group) is 1. The number of rotatable bonds is 5. The smallest absolute Gasteiger partial charge is 0.322 e. The van der Waals surface area contributed by atoms with E-state index in [2.05, 4.69) is 5.32 Å². The van der Waals surface area contributed by atoms with Crippen LogP contribution in [0, 0.1) is 11.6 Å². The minimum absolute atomic E-state index is 0.0125. The van der Waals surface area contributed by atoms with Crippen molar-refractivity contribution in [2.24, 2.45) is 0 Å². The lowest BCUT2D eigenvalue weighted by Gasteiger charge is -2.35. The average Bonchev–Trinajstić information content (AvgIpc) is 2.52. The second-order valence-corrected chi connectivity index (χ2v) is 5.87. The lowest BCUT2D eigenvalue weighted by molar-refractivity contribution is 0.0465. The second-order valence-electron chi connectivity index (χ2n) is 5.87. The Bertz CT molecular complexity index is 514. The Morgan fingerprint density at radius 3 is 2.39 bits per heavy atom. The Labute approximate surface area is 135 Å². The zero-order valence-corrected chi connectivity index (χ0v) is 13.5. The second kappa shape index (κ2) is 8.21. The molecular weight excluding hydrogens is 304 g/mol. The van der Waals surface area contributed by atoms with Crippen molar-refractivity contribution in [2.45, 2.75) is 18.9 Å². The van der Waals surface area contributed by atoms with E-state index in [0.29, 0.717) is 26.3 Å². The van der Waals surface area contributed by atoms with Crippen LogP contribution in [0.25, 0.3) is 0 Å². The van der Waals surface area contributed by atoms with E-state index < -0.39 is 23.4 Å². The summed E-state index contributed by atoms with van der Waals surface area (Å²) in [5.74, 6) is -1.56. The largest absolute Gasteiger partial charge is 0.381 e. The summed E-state index contributed by atoms with van der Waals surface area (Å²) >= 11 is 0. The molecule has 2 rings (SSSR count). The van der Waals surface area contributed by atoms with Gasteiger partial charge >= 0.3 is 6.03 Å². The van der Waals surface area contributed by atoms with Crippen LogP contribution in [0.3, 0.4) is 0 Å². The Balaban J connectivity index is 2.11. The molecule has 1 saturated heterocycles. The van der Waals surface area contributed by atoms with Gasteiger partial charge in [0.25, 0.3) is 0 Å². The number of nitrogens with zero attached hydrogens (tertiary/aromatic N) is 2. The summed E-state index contributed by atoms with van der Waals surface area (Å²) in [7, 11) is 3.83. The van der Waals surface area contributed by atoms with Crippen LogP contribution >= 0.6 is 0 Å². The fraction of sp³-hybridized carbons (Fsp3) is 0.562. The third kappa shape index (κ3) is 4.87. The molecule has 0 aromatic heterocycles. The number of halogens is 2. The van der Waals surface area contributed by atoms with Crippen molar-refractivity contribution in [3.05, 3.63) is 29.8 Å². The Hall–Kier alpha value is -1.73. The minimum atomic E-state index is -0.780. The molecule has 128 valence electrons. The number of amides is 2. The van der Waals surface area contributed by atoms with E-state index in [-0.39, 0.29) is 6.04 Å². The van der Waals surface area contributed by atoms with Crippen molar-refractivity contribution in [1.29, 1.82) is 0 Å². The Morgan fingerprint density at radius 2 is 1.83 bits per heavy atom. The van der Waals surface area contributed by atoms with Crippen molar-refractivity contribution in [3.8, 4) is 0 Å². The van der Waals surface area contributed by atoms with Gasteiger partial charge in [-0.25, -0.2) is 13.6 Å². The van der Waals surface area contributed by atoms with Gasteiger partial charge in [0.1, 0.15) is 17.3 Å². The van der Waals surface area contributed by atoms with Crippen LogP contribution < -0.4 is 5.32 Å². The molecule has 1 aromatic carbocycles. The van der Waals surface area contributed by atoms with Crippen LogP contribution in [0.4, 0.5) is 19.3 Å². The number of hydrogen-bond donors (Lipinski definition) is 1. The molecule has 0 unspecified atom stereocenters. The fourth-order valence-corrected chi connectivity index (χ4v) is 2.55. The van der Waals surface area contributed by atoms with Gasteiger partial charge in [0.2, 0.25) is 0 Å². The molecule has 1 N–H and O–H groups in total. The van der Waals surface area contributed by atoms with Gasteiger partial charge in [0.15, 0.2) is 0 Å². The van der Waals surface area contributed by atoms with E-state index in [1.54, 1.807) is 4.90 Å². The Kier molecular flexibility index (Phi) is 6.29. The topological polar surface area (TPSA) is 44.8 Å². The maximum Gasteiger partial charge on any atom is 0.322 e. The summed E-state index contributed by atoms with van der Waals surface area (Å²) in [5.41, 5.74) is -0.403. The highest BCUT2D eigenvalue weighted by molar-refractivity contribution is 5.89. The lowest BCUT2D eigenvalue weighted by atomic mass is 10.1. The quantitative estimate of drug-likeness (QED) is 0.904. The standard InChI is InChI=1S/C16H23F2N3O2/c1-20(2)8-9-21(12-6-10-23-11-7-12)16(22)19-15-13(17)4-3-5-14(15)18/h3-5,12H,6-11H2,1-2H3,(H,19,22). The number of urea groups is 1. The van der Waals surface area contributed by atoms with E-state index in [1.807, 2.05) is 19.0 Å². The molecule has 5 nitrogen and oxygen atoms in total. The van der Waals surface area contributed by atoms with Gasteiger partial charge in [-0.1, -0.05) is 6.07 Å². The lowest BCUT2D eigenvalue weighted by Crippen LogP contribution is -2.48. The maximum atomic E-state index is 13.7. The number of carbonyl (C=O) groups is 1. The molecule has 0 saturated carbocycles. The fourth-order valence-electron chi connectivity index (χ4n) is 2.55. The minimum Gasteiger partial charge on any atom is -0.381 e. The molecule has 0 atom stereocenters. The number of hydrogen-bond acceptors (Lipinski definition) is 3. The van der Waals surface area contributed by atoms with Gasteiger partial charge in [0.05, 0.1) is 0 Å². The first-order valence-electron chi connectivity index (χ1n) is 7.73. The summed E-state index contributed by atoms with van der Waals surface area (Å²) in [5, 5.41) is 2.38. The molecule has 1 aliphatic rings. The van der Waals surface area contributed by atoms with Gasteiger partial charge in [0, 0.05) is 32.3 Å². The zero-order valence-electron chi connectivity index (χ0n) is 13.5. The third-order valence-electron chi connectivity index (χ3n) is 3.88. The molecule has 1 aliphatic heterocycles. The SMILES string of the molecule is CN(C)CCN(C(=O)Nc1c(F)cccc1F)C1CCOCC1. The molecular formula is C16H23F2N3O2. The molecule has 1 heterocycles. The number of anilines is 1. The van der Waals surface area contributed by atoms with Crippen LogP contribution in [0.2, 0.25) is 0 Å². The molecule has 0 radical (unpaired) electrons. The normalized spacial score (nSPS) is 15.7. The summed E-state index contributed by atoms with van der Waals surface area (Å²) in [6, 6.07) is 3.04. The molecule has 0 aliphatic carbocycles. The predicted molar refractivity (Wildman–Crippen MR) is 84.5 cm³/mol. The van der Waals surface area contributed by atoms with Gasteiger partial charge in [-0.3, -0.25) is 0 Å². The average molecular weight is 327 g/mol. The van der Waals surface area contributed by atoms with Gasteiger partial charge < -0.3 is 19.9 Å². The number of ether oxygens (including phenoxy) is 1. The molecule has 0 bridgehead atoms. The summed E-state index contributed by atoms with van der Waals surface area (Å²) in [6.45, 7) is 2.33. The highest BCUT2D eigenvalue weighted by Crippen LogP contribution is 2.21. The third-order valence-corrected chi connectivity index (χ3v) is 3.88. The van der Waals surface area contributed by atoms with E-state index in [4.69, 9.17) is 4.74 Å². The Morgan fingerprint density at radius 1 is 1.22 bits per heavy atom. The van der Waals surface area contributed by atoms with Crippen LogP contribution in [0.15, 0.2) is 18.2 Å². The van der Waals surface area contributed by atoms with Gasteiger partial charge in [-0.05, 0) is 39.1 Å². The van der Waals surface area contributed by atoms with E-state index in [9.17, 15) is 13.6 Å². The van der Waals surface area contributed by atoms with E-state index in [1.165, 1.54) is 6.07 Å². The van der Waals surface area contributed by atoms with Gasteiger partial charge in [-0.2, -0.15) is 0 Å². The van der Waals surface area contributed by atoms with Gasteiger partial charge in [-0.15, -0.1) is 0 Å². The van der Waals surface area contributed by atoms with Crippen LogP contribution in [-0.4, -0.2) is 62.3 Å². The van der Waals surface area contributed by atoms with Crippen LogP contribution in [0.5, 0.6) is 0 Å². The molecule has 7 heteroatoms.